The van der Waals surface area contributed by atoms with E-state index in [-0.39, 0.29) is 16.2 Å². The highest BCUT2D eigenvalue weighted by Crippen LogP contribution is 2.39. The summed E-state index contributed by atoms with van der Waals surface area (Å²) in [4.78, 5) is 11.1. The van der Waals surface area contributed by atoms with Crippen LogP contribution in [0.3, 0.4) is 0 Å². The van der Waals surface area contributed by atoms with E-state index in [1.807, 2.05) is 13.8 Å². The molecule has 1 aliphatic rings. The molecule has 0 radical (unpaired) electrons. The van der Waals surface area contributed by atoms with E-state index in [0.29, 0.717) is 17.7 Å². The van der Waals surface area contributed by atoms with E-state index < -0.39 is 5.97 Å². The lowest BCUT2D eigenvalue weighted by Gasteiger charge is -2.16. The van der Waals surface area contributed by atoms with Crippen LogP contribution in [0.2, 0.25) is 5.02 Å². The van der Waals surface area contributed by atoms with E-state index in [2.05, 4.69) is 0 Å². The van der Waals surface area contributed by atoms with Crippen LogP contribution >= 0.6 is 11.6 Å². The van der Waals surface area contributed by atoms with E-state index >= 15 is 0 Å². The Bertz CT molecular complexity index is 438. The Kier molecular flexibility index (Phi) is 2.15. The lowest BCUT2D eigenvalue weighted by Crippen LogP contribution is -2.24. The Balaban J connectivity index is 2.60. The molecule has 0 saturated carbocycles. The van der Waals surface area contributed by atoms with Gasteiger partial charge in [-0.25, -0.2) is 4.79 Å². The molecule has 0 unspecified atom stereocenters. The van der Waals surface area contributed by atoms with Gasteiger partial charge in [-0.05, 0) is 26.0 Å². The van der Waals surface area contributed by atoms with Crippen molar-refractivity contribution in [1.29, 1.82) is 0 Å². The van der Waals surface area contributed by atoms with Crippen molar-refractivity contribution in [1.82, 2.24) is 0 Å². The van der Waals surface area contributed by atoms with Gasteiger partial charge in [0.25, 0.3) is 0 Å². The number of hydrogen-bond acceptors (Lipinski definition) is 2. The summed E-state index contributed by atoms with van der Waals surface area (Å²) in [6.07, 6.45) is 0.574. The fourth-order valence-electron chi connectivity index (χ4n) is 1.86. The van der Waals surface area contributed by atoms with Gasteiger partial charge in [0.2, 0.25) is 0 Å². The van der Waals surface area contributed by atoms with E-state index in [4.69, 9.17) is 21.4 Å². The first-order chi connectivity index (χ1) is 6.91. The summed E-state index contributed by atoms with van der Waals surface area (Å²) in [5.41, 5.74) is 0.511. The van der Waals surface area contributed by atoms with Crippen LogP contribution < -0.4 is 4.74 Å². The third-order valence-corrected chi connectivity index (χ3v) is 2.74. The van der Waals surface area contributed by atoms with Crippen molar-refractivity contribution >= 4 is 17.6 Å². The van der Waals surface area contributed by atoms with E-state index in [1.165, 1.54) is 0 Å². The zero-order valence-electron chi connectivity index (χ0n) is 8.50. The number of halogens is 1. The molecule has 2 rings (SSSR count). The van der Waals surface area contributed by atoms with Crippen molar-refractivity contribution in [2.45, 2.75) is 25.9 Å². The molecule has 0 amide bonds. The highest BCUT2D eigenvalue weighted by molar-refractivity contribution is 6.33. The molecule has 0 spiro atoms. The smallest absolute Gasteiger partial charge is 0.337 e. The van der Waals surface area contributed by atoms with Gasteiger partial charge in [-0.1, -0.05) is 11.6 Å². The molecule has 0 fully saturated rings. The fourth-order valence-corrected chi connectivity index (χ4v) is 2.12. The van der Waals surface area contributed by atoms with Crippen molar-refractivity contribution in [2.75, 3.05) is 0 Å². The molecule has 0 aliphatic carbocycles. The maximum absolute atomic E-state index is 11.1. The van der Waals surface area contributed by atoms with Crippen LogP contribution in [0.15, 0.2) is 12.1 Å². The molecule has 0 bridgehead atoms. The Morgan fingerprint density at radius 3 is 2.80 bits per heavy atom. The quantitative estimate of drug-likeness (QED) is 0.801. The van der Waals surface area contributed by atoms with Gasteiger partial charge < -0.3 is 9.84 Å². The van der Waals surface area contributed by atoms with E-state index in [0.717, 1.165) is 0 Å². The lowest BCUT2D eigenvalue weighted by atomic mass is 9.97. The highest BCUT2D eigenvalue weighted by Gasteiger charge is 2.34. The Hall–Kier alpha value is -1.22. The molecule has 80 valence electrons. The van der Waals surface area contributed by atoms with Gasteiger partial charge in [-0.15, -0.1) is 0 Å². The highest BCUT2D eigenvalue weighted by atomic mass is 35.5. The first-order valence-electron chi connectivity index (χ1n) is 4.64. The van der Waals surface area contributed by atoms with Crippen molar-refractivity contribution in [3.05, 3.63) is 28.3 Å². The van der Waals surface area contributed by atoms with E-state index in [9.17, 15) is 4.79 Å². The van der Waals surface area contributed by atoms with Crippen LogP contribution in [0.1, 0.15) is 29.8 Å². The monoisotopic (exact) mass is 226 g/mol. The molecule has 1 N–H and O–H groups in total. The first kappa shape index (κ1) is 10.3. The number of hydrogen-bond donors (Lipinski definition) is 1. The maximum Gasteiger partial charge on any atom is 0.337 e. The average Bonchev–Trinajstić information content (AvgIpc) is 2.37. The minimum atomic E-state index is -1.00. The normalized spacial score (nSPS) is 17.0. The summed E-state index contributed by atoms with van der Waals surface area (Å²) in [6.45, 7) is 3.85. The molecule has 1 aliphatic heterocycles. The summed E-state index contributed by atoms with van der Waals surface area (Å²) >= 11 is 5.86. The van der Waals surface area contributed by atoms with Crippen LogP contribution in [0, 0.1) is 0 Å². The molecular formula is C11H11ClO3. The molecule has 0 aromatic heterocycles. The average molecular weight is 227 g/mol. The molecule has 1 aromatic rings. The second-order valence-corrected chi connectivity index (χ2v) is 4.65. The number of carboxylic acid groups (broad SMARTS) is 1. The molecule has 3 nitrogen and oxygen atoms in total. The minimum absolute atomic E-state index is 0.166. The summed E-state index contributed by atoms with van der Waals surface area (Å²) in [5.74, 6) is -0.375. The second-order valence-electron chi connectivity index (χ2n) is 4.24. The van der Waals surface area contributed by atoms with Gasteiger partial charge >= 0.3 is 5.97 Å². The molecule has 0 atom stereocenters. The summed E-state index contributed by atoms with van der Waals surface area (Å²) in [5, 5.41) is 9.33. The van der Waals surface area contributed by atoms with Gasteiger partial charge in [-0.3, -0.25) is 0 Å². The van der Waals surface area contributed by atoms with Crippen LogP contribution in [0.4, 0.5) is 0 Å². The number of carboxylic acids is 1. The molecular weight excluding hydrogens is 216 g/mol. The molecule has 4 heteroatoms. The van der Waals surface area contributed by atoms with Crippen LogP contribution in [-0.4, -0.2) is 16.7 Å². The molecule has 1 heterocycles. The van der Waals surface area contributed by atoms with Crippen molar-refractivity contribution in [3.63, 3.8) is 0 Å². The van der Waals surface area contributed by atoms with Gasteiger partial charge in [0.1, 0.15) is 11.4 Å². The van der Waals surface area contributed by atoms with E-state index in [1.54, 1.807) is 12.1 Å². The van der Waals surface area contributed by atoms with Crippen molar-refractivity contribution < 1.29 is 14.6 Å². The number of ether oxygens (including phenoxy) is 1. The topological polar surface area (TPSA) is 46.5 Å². The predicted octanol–water partition coefficient (Wildman–Crippen LogP) is 2.75. The van der Waals surface area contributed by atoms with Crippen LogP contribution in [-0.2, 0) is 6.42 Å². The van der Waals surface area contributed by atoms with Gasteiger partial charge in [0.05, 0.1) is 10.6 Å². The van der Waals surface area contributed by atoms with Crippen LogP contribution in [0.25, 0.3) is 0 Å². The lowest BCUT2D eigenvalue weighted by molar-refractivity contribution is 0.0696. The first-order valence-corrected chi connectivity index (χ1v) is 5.02. The number of carbonyl (C=O) groups is 1. The van der Waals surface area contributed by atoms with Crippen molar-refractivity contribution in [2.24, 2.45) is 0 Å². The Morgan fingerprint density at radius 1 is 1.53 bits per heavy atom. The minimum Gasteiger partial charge on any atom is -0.487 e. The van der Waals surface area contributed by atoms with Crippen molar-refractivity contribution in [3.8, 4) is 5.75 Å². The van der Waals surface area contributed by atoms with Gasteiger partial charge in [0, 0.05) is 12.0 Å². The molecule has 1 aromatic carbocycles. The Morgan fingerprint density at radius 2 is 2.20 bits per heavy atom. The maximum atomic E-state index is 11.1. The number of benzene rings is 1. The Labute approximate surface area is 92.6 Å². The zero-order valence-corrected chi connectivity index (χ0v) is 9.26. The largest absolute Gasteiger partial charge is 0.487 e. The third kappa shape index (κ3) is 1.67. The number of fused-ring (bicyclic) bond motifs is 1. The predicted molar refractivity (Wildman–Crippen MR) is 56.8 cm³/mol. The second kappa shape index (κ2) is 3.14. The van der Waals surface area contributed by atoms with Gasteiger partial charge in [-0.2, -0.15) is 0 Å². The fraction of sp³-hybridized carbons (Fsp3) is 0.364. The summed E-state index contributed by atoms with van der Waals surface area (Å²) < 4.78 is 5.62. The van der Waals surface area contributed by atoms with Crippen LogP contribution in [0.5, 0.6) is 5.75 Å². The summed E-state index contributed by atoms with van der Waals surface area (Å²) in [7, 11) is 0. The standard InChI is InChI=1S/C11H11ClO3/c1-11(2)5-6-8(15-11)4-3-7(12)9(6)10(13)14/h3-4H,5H2,1-2H3,(H,13,14). The molecule has 0 saturated heterocycles. The number of rotatable bonds is 1. The molecule has 15 heavy (non-hydrogen) atoms. The zero-order chi connectivity index (χ0) is 11.2. The SMILES string of the molecule is CC1(C)Cc2c(ccc(Cl)c2C(=O)O)O1. The van der Waals surface area contributed by atoms with Gasteiger partial charge in [0.15, 0.2) is 0 Å². The number of aromatic carboxylic acids is 1. The third-order valence-electron chi connectivity index (χ3n) is 2.42. The summed E-state index contributed by atoms with van der Waals surface area (Å²) in [6, 6.07) is 3.28.